The number of H-pyrrole nitrogens is 1. The molecule has 0 fully saturated rings. The second-order valence-electron chi connectivity index (χ2n) is 3.66. The molecule has 0 spiro atoms. The van der Waals surface area contributed by atoms with Crippen molar-refractivity contribution in [2.45, 2.75) is 0 Å². The van der Waals surface area contributed by atoms with Crippen molar-refractivity contribution in [3.05, 3.63) is 42.7 Å². The number of hydrogen-bond donors (Lipinski definition) is 2. The Labute approximate surface area is 92.1 Å². The van der Waals surface area contributed by atoms with Gasteiger partial charge in [-0.05, 0) is 23.8 Å². The number of nitrogens with one attached hydrogen (secondary N) is 1. The number of nitrogen functional groups attached to an aromatic ring is 1. The van der Waals surface area contributed by atoms with Gasteiger partial charge in [0.05, 0.1) is 17.9 Å². The van der Waals surface area contributed by atoms with Gasteiger partial charge in [0, 0.05) is 16.8 Å². The van der Waals surface area contributed by atoms with E-state index in [0.29, 0.717) is 0 Å². The van der Waals surface area contributed by atoms with Gasteiger partial charge in [0.1, 0.15) is 0 Å². The smallest absolute Gasteiger partial charge is 0.0737 e. The third kappa shape index (κ3) is 1.40. The molecule has 0 aliphatic heterocycles. The van der Waals surface area contributed by atoms with Crippen molar-refractivity contribution >= 4 is 16.6 Å². The fourth-order valence-electron chi connectivity index (χ4n) is 1.70. The Kier molecular flexibility index (Phi) is 1.86. The minimum absolute atomic E-state index is 0.767. The van der Waals surface area contributed by atoms with Gasteiger partial charge in [-0.1, -0.05) is 12.1 Å². The summed E-state index contributed by atoms with van der Waals surface area (Å²) in [4.78, 5) is 3.29. The Morgan fingerprint density at radius 3 is 2.50 bits per heavy atom. The summed E-state index contributed by atoms with van der Waals surface area (Å²) in [6, 6.07) is 9.80. The van der Waals surface area contributed by atoms with Gasteiger partial charge >= 0.3 is 0 Å². The van der Waals surface area contributed by atoms with E-state index in [0.717, 1.165) is 27.8 Å². The first-order chi connectivity index (χ1) is 7.83. The van der Waals surface area contributed by atoms with Crippen molar-refractivity contribution in [1.29, 1.82) is 0 Å². The zero-order chi connectivity index (χ0) is 11.0. The van der Waals surface area contributed by atoms with E-state index >= 15 is 0 Å². The highest BCUT2D eigenvalue weighted by molar-refractivity contribution is 5.84. The Hall–Kier alpha value is -2.36. The van der Waals surface area contributed by atoms with Crippen LogP contribution in [0.25, 0.3) is 22.2 Å². The van der Waals surface area contributed by atoms with Crippen LogP contribution in [0.15, 0.2) is 42.7 Å². The monoisotopic (exact) mass is 210 g/mol. The summed E-state index contributed by atoms with van der Waals surface area (Å²) < 4.78 is 0. The maximum Gasteiger partial charge on any atom is 0.0737 e. The fourth-order valence-corrected chi connectivity index (χ4v) is 1.70. The number of fused-ring (bicyclic) bond motifs is 1. The lowest BCUT2D eigenvalue weighted by Gasteiger charge is -1.97. The number of aromatic amines is 1. The van der Waals surface area contributed by atoms with Crippen LogP contribution in [0.3, 0.4) is 0 Å². The maximum atomic E-state index is 5.65. The van der Waals surface area contributed by atoms with Gasteiger partial charge in [0.25, 0.3) is 0 Å². The van der Waals surface area contributed by atoms with Crippen molar-refractivity contribution < 1.29 is 0 Å². The van der Waals surface area contributed by atoms with Crippen LogP contribution >= 0.6 is 0 Å². The summed E-state index contributed by atoms with van der Waals surface area (Å²) in [6.45, 7) is 0. The molecule has 4 nitrogen and oxygen atoms in total. The average molecular weight is 210 g/mol. The van der Waals surface area contributed by atoms with Crippen molar-refractivity contribution in [3.8, 4) is 11.3 Å². The number of benzene rings is 1. The van der Waals surface area contributed by atoms with Gasteiger partial charge in [0.2, 0.25) is 0 Å². The van der Waals surface area contributed by atoms with E-state index in [2.05, 4.69) is 21.2 Å². The highest BCUT2D eigenvalue weighted by Gasteiger charge is 2.02. The molecule has 3 rings (SSSR count). The summed E-state index contributed by atoms with van der Waals surface area (Å²) in [5.74, 6) is 0. The molecule has 0 unspecified atom stereocenters. The third-order valence-corrected chi connectivity index (χ3v) is 2.55. The first-order valence-electron chi connectivity index (χ1n) is 4.98. The van der Waals surface area contributed by atoms with Crippen LogP contribution in [0.5, 0.6) is 0 Å². The molecule has 4 heteroatoms. The standard InChI is InChI=1S/C12H10N4/c13-10-3-1-8(2-4-10)11-5-9-6-14-15-7-12(9)16-11/h1-7,16H,13H2. The summed E-state index contributed by atoms with van der Waals surface area (Å²) in [7, 11) is 0. The second-order valence-corrected chi connectivity index (χ2v) is 3.66. The van der Waals surface area contributed by atoms with Crippen LogP contribution in [-0.4, -0.2) is 15.2 Å². The maximum absolute atomic E-state index is 5.65. The van der Waals surface area contributed by atoms with E-state index in [1.807, 2.05) is 24.3 Å². The average Bonchev–Trinajstić information content (AvgIpc) is 2.73. The molecule has 2 aromatic heterocycles. The predicted molar refractivity (Wildman–Crippen MR) is 63.7 cm³/mol. The van der Waals surface area contributed by atoms with Crippen LogP contribution in [0.1, 0.15) is 0 Å². The van der Waals surface area contributed by atoms with Crippen LogP contribution in [0, 0.1) is 0 Å². The molecule has 1 aromatic carbocycles. The number of anilines is 1. The number of nitrogens with two attached hydrogens (primary N) is 1. The summed E-state index contributed by atoms with van der Waals surface area (Å²) >= 11 is 0. The minimum Gasteiger partial charge on any atom is -0.399 e. The zero-order valence-electron chi connectivity index (χ0n) is 8.51. The molecule has 2 heterocycles. The zero-order valence-corrected chi connectivity index (χ0v) is 8.51. The normalized spacial score (nSPS) is 10.8. The Bertz CT molecular complexity index is 592. The van der Waals surface area contributed by atoms with Gasteiger partial charge < -0.3 is 10.7 Å². The molecule has 3 N–H and O–H groups in total. The SMILES string of the molecule is Nc1ccc(-c2cc3cnncc3[nH]2)cc1. The molecule has 3 aromatic rings. The molecule has 16 heavy (non-hydrogen) atoms. The van der Waals surface area contributed by atoms with E-state index in [1.165, 1.54) is 0 Å². The lowest BCUT2D eigenvalue weighted by atomic mass is 10.1. The van der Waals surface area contributed by atoms with Crippen LogP contribution in [0.2, 0.25) is 0 Å². The molecular weight excluding hydrogens is 200 g/mol. The van der Waals surface area contributed by atoms with E-state index in [9.17, 15) is 0 Å². The van der Waals surface area contributed by atoms with Gasteiger partial charge in [-0.25, -0.2) is 0 Å². The van der Waals surface area contributed by atoms with Crippen molar-refractivity contribution in [2.75, 3.05) is 5.73 Å². The quantitative estimate of drug-likeness (QED) is 0.605. The topological polar surface area (TPSA) is 67.6 Å². The van der Waals surface area contributed by atoms with Gasteiger partial charge in [0.15, 0.2) is 0 Å². The molecule has 78 valence electrons. The van der Waals surface area contributed by atoms with E-state index in [4.69, 9.17) is 5.73 Å². The second kappa shape index (κ2) is 3.34. The van der Waals surface area contributed by atoms with Gasteiger partial charge in [-0.2, -0.15) is 10.2 Å². The summed E-state index contributed by atoms with van der Waals surface area (Å²) in [6.07, 6.45) is 3.46. The first-order valence-corrected chi connectivity index (χ1v) is 4.98. The lowest BCUT2D eigenvalue weighted by Crippen LogP contribution is -1.83. The Morgan fingerprint density at radius 2 is 1.75 bits per heavy atom. The summed E-state index contributed by atoms with van der Waals surface area (Å²) in [5.41, 5.74) is 9.55. The Morgan fingerprint density at radius 1 is 1.00 bits per heavy atom. The number of nitrogens with zero attached hydrogens (tertiary/aromatic N) is 2. The molecule has 0 amide bonds. The molecule has 0 radical (unpaired) electrons. The van der Waals surface area contributed by atoms with Crippen molar-refractivity contribution in [2.24, 2.45) is 0 Å². The van der Waals surface area contributed by atoms with Crippen molar-refractivity contribution in [1.82, 2.24) is 15.2 Å². The van der Waals surface area contributed by atoms with Gasteiger partial charge in [-0.15, -0.1) is 0 Å². The van der Waals surface area contributed by atoms with Gasteiger partial charge in [-0.3, -0.25) is 0 Å². The first kappa shape index (κ1) is 8.91. The van der Waals surface area contributed by atoms with E-state index < -0.39 is 0 Å². The lowest BCUT2D eigenvalue weighted by molar-refractivity contribution is 1.05. The van der Waals surface area contributed by atoms with E-state index in [-0.39, 0.29) is 0 Å². The third-order valence-electron chi connectivity index (χ3n) is 2.55. The van der Waals surface area contributed by atoms with Crippen molar-refractivity contribution in [3.63, 3.8) is 0 Å². The number of aromatic nitrogens is 3. The summed E-state index contributed by atoms with van der Waals surface area (Å²) in [5, 5.41) is 8.73. The molecule has 0 saturated heterocycles. The highest BCUT2D eigenvalue weighted by Crippen LogP contribution is 2.23. The number of rotatable bonds is 1. The molecular formula is C12H10N4. The molecule has 0 atom stereocenters. The number of hydrogen-bond acceptors (Lipinski definition) is 3. The fraction of sp³-hybridized carbons (Fsp3) is 0. The molecule has 0 aliphatic rings. The minimum atomic E-state index is 0.767. The molecule has 0 aliphatic carbocycles. The highest BCUT2D eigenvalue weighted by atomic mass is 15.1. The van der Waals surface area contributed by atoms with Crippen LogP contribution < -0.4 is 5.73 Å². The predicted octanol–water partition coefficient (Wildman–Crippen LogP) is 2.21. The Balaban J connectivity index is 2.15. The largest absolute Gasteiger partial charge is 0.399 e. The molecule has 0 saturated carbocycles. The van der Waals surface area contributed by atoms with Crippen LogP contribution in [0.4, 0.5) is 5.69 Å². The van der Waals surface area contributed by atoms with E-state index in [1.54, 1.807) is 12.4 Å². The van der Waals surface area contributed by atoms with Crippen LogP contribution in [-0.2, 0) is 0 Å². The molecule has 0 bridgehead atoms.